The van der Waals surface area contributed by atoms with Crippen LogP contribution in [-0.4, -0.2) is 30.4 Å². The first-order chi connectivity index (χ1) is 9.27. The summed E-state index contributed by atoms with van der Waals surface area (Å²) in [7, 11) is 0. The van der Waals surface area contributed by atoms with E-state index in [1.807, 2.05) is 12.1 Å². The topological polar surface area (TPSA) is 41.5 Å². The van der Waals surface area contributed by atoms with Crippen LogP contribution < -0.4 is 10.1 Å². The molecular formula is C16H23NO2. The molecule has 1 aromatic carbocycles. The van der Waals surface area contributed by atoms with Gasteiger partial charge in [-0.25, -0.2) is 0 Å². The van der Waals surface area contributed by atoms with E-state index in [4.69, 9.17) is 4.74 Å². The number of hydrogen-bond donors (Lipinski definition) is 2. The fourth-order valence-electron chi connectivity index (χ4n) is 3.32. The van der Waals surface area contributed by atoms with Crippen molar-refractivity contribution in [3.05, 3.63) is 29.8 Å². The summed E-state index contributed by atoms with van der Waals surface area (Å²) in [5.41, 5.74) is 0.852. The molecular weight excluding hydrogens is 238 g/mol. The molecule has 3 rings (SSSR count). The first-order valence-electron chi connectivity index (χ1n) is 7.42. The fourth-order valence-corrected chi connectivity index (χ4v) is 3.32. The lowest BCUT2D eigenvalue weighted by molar-refractivity contribution is 0.0473. The SMILES string of the molecule is OC1(CNCC2CCOc3ccccc32)CCCC1. The first kappa shape index (κ1) is 12.9. The fraction of sp³-hybridized carbons (Fsp3) is 0.625. The van der Waals surface area contributed by atoms with E-state index in [1.165, 1.54) is 5.56 Å². The van der Waals surface area contributed by atoms with Crippen molar-refractivity contribution in [1.29, 1.82) is 0 Å². The molecule has 1 heterocycles. The van der Waals surface area contributed by atoms with Gasteiger partial charge in [0, 0.05) is 19.0 Å². The van der Waals surface area contributed by atoms with Crippen molar-refractivity contribution >= 4 is 0 Å². The second-order valence-corrected chi connectivity index (χ2v) is 5.93. The molecule has 3 heteroatoms. The Balaban J connectivity index is 1.56. The van der Waals surface area contributed by atoms with Gasteiger partial charge in [0.15, 0.2) is 0 Å². The van der Waals surface area contributed by atoms with Gasteiger partial charge in [0.1, 0.15) is 5.75 Å². The molecule has 0 spiro atoms. The molecule has 3 nitrogen and oxygen atoms in total. The van der Waals surface area contributed by atoms with Crippen molar-refractivity contribution in [2.75, 3.05) is 19.7 Å². The molecule has 1 unspecified atom stereocenters. The van der Waals surface area contributed by atoms with Crippen LogP contribution in [0, 0.1) is 0 Å². The molecule has 0 radical (unpaired) electrons. The van der Waals surface area contributed by atoms with Crippen molar-refractivity contribution in [2.45, 2.75) is 43.6 Å². The van der Waals surface area contributed by atoms with Crippen LogP contribution in [0.5, 0.6) is 5.75 Å². The smallest absolute Gasteiger partial charge is 0.122 e. The number of hydrogen-bond acceptors (Lipinski definition) is 3. The normalized spacial score (nSPS) is 24.8. The van der Waals surface area contributed by atoms with Crippen LogP contribution in [0.4, 0.5) is 0 Å². The van der Waals surface area contributed by atoms with Crippen LogP contribution in [0.2, 0.25) is 0 Å². The quantitative estimate of drug-likeness (QED) is 0.874. The minimum absolute atomic E-state index is 0.454. The van der Waals surface area contributed by atoms with Gasteiger partial charge >= 0.3 is 0 Å². The van der Waals surface area contributed by atoms with Crippen LogP contribution in [0.3, 0.4) is 0 Å². The summed E-state index contributed by atoms with van der Waals surface area (Å²) in [6.45, 7) is 2.46. The first-order valence-corrected chi connectivity index (χ1v) is 7.42. The molecule has 0 amide bonds. The summed E-state index contributed by atoms with van der Waals surface area (Å²) < 4.78 is 5.68. The summed E-state index contributed by atoms with van der Waals surface area (Å²) in [6, 6.07) is 8.30. The van der Waals surface area contributed by atoms with Crippen LogP contribution >= 0.6 is 0 Å². The van der Waals surface area contributed by atoms with Gasteiger partial charge in [0.25, 0.3) is 0 Å². The molecule has 0 saturated heterocycles. The van der Waals surface area contributed by atoms with Gasteiger partial charge < -0.3 is 15.2 Å². The van der Waals surface area contributed by atoms with Crippen LogP contribution in [0.1, 0.15) is 43.6 Å². The third-order valence-corrected chi connectivity index (χ3v) is 4.46. The number of nitrogens with one attached hydrogen (secondary N) is 1. The van der Waals surface area contributed by atoms with E-state index in [0.29, 0.717) is 5.92 Å². The molecule has 104 valence electrons. The summed E-state index contributed by atoms with van der Waals surface area (Å²) in [4.78, 5) is 0. The van der Waals surface area contributed by atoms with Gasteiger partial charge in [-0.2, -0.15) is 0 Å². The third-order valence-electron chi connectivity index (χ3n) is 4.46. The largest absolute Gasteiger partial charge is 0.493 e. The monoisotopic (exact) mass is 261 g/mol. The van der Waals surface area contributed by atoms with E-state index in [0.717, 1.165) is 57.6 Å². The predicted molar refractivity (Wildman–Crippen MR) is 75.6 cm³/mol. The van der Waals surface area contributed by atoms with Crippen molar-refractivity contribution in [3.63, 3.8) is 0 Å². The second-order valence-electron chi connectivity index (χ2n) is 5.93. The lowest BCUT2D eigenvalue weighted by atomic mass is 9.92. The van der Waals surface area contributed by atoms with Crippen molar-refractivity contribution < 1.29 is 9.84 Å². The summed E-state index contributed by atoms with van der Waals surface area (Å²) >= 11 is 0. The number of aliphatic hydroxyl groups is 1. The highest BCUT2D eigenvalue weighted by Crippen LogP contribution is 2.33. The Kier molecular flexibility index (Phi) is 3.76. The minimum atomic E-state index is -0.454. The second kappa shape index (κ2) is 5.51. The van der Waals surface area contributed by atoms with Crippen molar-refractivity contribution in [1.82, 2.24) is 5.32 Å². The summed E-state index contributed by atoms with van der Waals surface area (Å²) in [5, 5.41) is 13.8. The highest BCUT2D eigenvalue weighted by Gasteiger charge is 2.31. The lowest BCUT2D eigenvalue weighted by Gasteiger charge is -2.28. The van der Waals surface area contributed by atoms with E-state index in [2.05, 4.69) is 17.4 Å². The zero-order valence-electron chi connectivity index (χ0n) is 11.4. The van der Waals surface area contributed by atoms with Crippen molar-refractivity contribution in [3.8, 4) is 5.75 Å². The molecule has 0 bridgehead atoms. The third kappa shape index (κ3) is 2.93. The highest BCUT2D eigenvalue weighted by molar-refractivity contribution is 5.37. The number of para-hydroxylation sites is 1. The van der Waals surface area contributed by atoms with E-state index in [9.17, 15) is 5.11 Å². The zero-order chi connectivity index (χ0) is 13.1. The Morgan fingerprint density at radius 1 is 1.26 bits per heavy atom. The Labute approximate surface area is 115 Å². The molecule has 1 atom stereocenters. The van der Waals surface area contributed by atoms with E-state index < -0.39 is 5.60 Å². The van der Waals surface area contributed by atoms with Gasteiger partial charge in [-0.3, -0.25) is 0 Å². The van der Waals surface area contributed by atoms with Gasteiger partial charge in [-0.05, 0) is 30.9 Å². The van der Waals surface area contributed by atoms with Gasteiger partial charge in [-0.15, -0.1) is 0 Å². The highest BCUT2D eigenvalue weighted by atomic mass is 16.5. The van der Waals surface area contributed by atoms with E-state index in [1.54, 1.807) is 0 Å². The van der Waals surface area contributed by atoms with Gasteiger partial charge in [0.2, 0.25) is 0 Å². The average Bonchev–Trinajstić information content (AvgIpc) is 2.86. The van der Waals surface area contributed by atoms with Gasteiger partial charge in [-0.1, -0.05) is 31.0 Å². The molecule has 19 heavy (non-hydrogen) atoms. The van der Waals surface area contributed by atoms with Crippen molar-refractivity contribution in [2.24, 2.45) is 0 Å². The Morgan fingerprint density at radius 2 is 2.05 bits per heavy atom. The minimum Gasteiger partial charge on any atom is -0.493 e. The molecule has 1 aliphatic carbocycles. The number of benzene rings is 1. The molecule has 1 aliphatic heterocycles. The number of fused-ring (bicyclic) bond motifs is 1. The maximum absolute atomic E-state index is 10.3. The zero-order valence-corrected chi connectivity index (χ0v) is 11.4. The number of ether oxygens (including phenoxy) is 1. The number of rotatable bonds is 4. The van der Waals surface area contributed by atoms with Crippen LogP contribution in [-0.2, 0) is 0 Å². The average molecular weight is 261 g/mol. The maximum atomic E-state index is 10.3. The molecule has 1 saturated carbocycles. The molecule has 1 aromatic rings. The Hall–Kier alpha value is -1.06. The van der Waals surface area contributed by atoms with E-state index >= 15 is 0 Å². The Bertz CT molecular complexity index is 427. The van der Waals surface area contributed by atoms with Crippen LogP contribution in [0.25, 0.3) is 0 Å². The lowest BCUT2D eigenvalue weighted by Crippen LogP contribution is -2.40. The molecule has 0 aromatic heterocycles. The molecule has 1 fully saturated rings. The summed E-state index contributed by atoms with van der Waals surface area (Å²) in [6.07, 6.45) is 5.29. The standard InChI is InChI=1S/C16H23NO2/c18-16(8-3-4-9-16)12-17-11-13-7-10-19-15-6-2-1-5-14(13)15/h1-2,5-6,13,17-18H,3-4,7-12H2. The predicted octanol–water partition coefficient (Wildman–Crippen LogP) is 2.45. The van der Waals surface area contributed by atoms with Gasteiger partial charge in [0.05, 0.1) is 12.2 Å². The Morgan fingerprint density at radius 3 is 2.89 bits per heavy atom. The summed E-state index contributed by atoms with van der Waals surface area (Å²) in [5.74, 6) is 1.54. The van der Waals surface area contributed by atoms with E-state index in [-0.39, 0.29) is 0 Å². The molecule has 2 aliphatic rings. The van der Waals surface area contributed by atoms with Crippen LogP contribution in [0.15, 0.2) is 24.3 Å². The molecule has 2 N–H and O–H groups in total. The maximum Gasteiger partial charge on any atom is 0.122 e.